The van der Waals surface area contributed by atoms with Crippen molar-refractivity contribution in [3.05, 3.63) is 90.0 Å². The van der Waals surface area contributed by atoms with Crippen LogP contribution in [0.1, 0.15) is 532 Å². The van der Waals surface area contributed by atoms with E-state index in [1.807, 2.05) is 11.3 Å². The molecular weight excluding hydrogens is 1480 g/mol. The van der Waals surface area contributed by atoms with Crippen molar-refractivity contribution in [3.8, 4) is 32.7 Å². The summed E-state index contributed by atoms with van der Waals surface area (Å²) in [4.78, 5) is 5.73. The van der Waals surface area contributed by atoms with E-state index in [0.717, 1.165) is 17.5 Å². The van der Waals surface area contributed by atoms with Crippen molar-refractivity contribution in [1.82, 2.24) is 17.5 Å². The standard InChI is InChI=1S/C108H172N4S4/c1-9-15-21-27-31-35-39-43-47-51-55-59-63-69-77-107(78-70-64-60-56-52-48-44-40-36-32-28-22-16-10-2)94-85-92-95(84-91(94)101-96(107)81-87(7)103-105(101)111-115-109-103)108(79-71-65-61-57-53-49-45-41-37-33-29-23-17-11-3,80-72-66-62-58-54-50-46-42-38-34-30-24-18-12-4)97-86-93(104-106(102(92)97)112-116-110-104)100-83-90(74-68-26-20-14-6)99(114-100)76-75-98-89(82-88(8)113-98)73-67-25-19-13-5/h75-76,81-86H,9-74,77-80H2,1-8H3/b76-75+. The zero-order chi connectivity index (χ0) is 81.4. The number of aromatic nitrogens is 4. The van der Waals surface area contributed by atoms with Gasteiger partial charge in [0.05, 0.1) is 23.5 Å². The van der Waals surface area contributed by atoms with Crippen LogP contribution in [0.5, 0.6) is 0 Å². The van der Waals surface area contributed by atoms with Gasteiger partial charge < -0.3 is 0 Å². The maximum atomic E-state index is 5.67. The molecule has 4 heterocycles. The fraction of sp³-hybridized carbons (Fsp3) is 0.741. The van der Waals surface area contributed by atoms with Gasteiger partial charge in [-0.3, -0.25) is 0 Å². The van der Waals surface area contributed by atoms with E-state index in [-0.39, 0.29) is 10.8 Å². The van der Waals surface area contributed by atoms with E-state index in [2.05, 4.69) is 115 Å². The highest BCUT2D eigenvalue weighted by Gasteiger charge is 2.50. The van der Waals surface area contributed by atoms with E-state index in [9.17, 15) is 0 Å². The van der Waals surface area contributed by atoms with Gasteiger partial charge in [-0.15, -0.1) is 22.7 Å². The number of aryl methyl sites for hydroxylation is 4. The number of hydrogen-bond donors (Lipinski definition) is 0. The van der Waals surface area contributed by atoms with Crippen LogP contribution < -0.4 is 0 Å². The van der Waals surface area contributed by atoms with Gasteiger partial charge in [0.25, 0.3) is 0 Å². The summed E-state index contributed by atoms with van der Waals surface area (Å²) in [5, 5.41) is 0. The molecule has 4 aromatic heterocycles. The Morgan fingerprint density at radius 3 is 0.845 bits per heavy atom. The van der Waals surface area contributed by atoms with Crippen molar-refractivity contribution in [2.75, 3.05) is 0 Å². The molecule has 0 saturated carbocycles. The predicted molar refractivity (Wildman–Crippen MR) is 522 cm³/mol. The third-order valence-corrected chi connectivity index (χ3v) is 31.2. The topological polar surface area (TPSA) is 51.6 Å². The maximum Gasteiger partial charge on any atom is 0.114 e. The Morgan fingerprint density at radius 2 is 0.509 bits per heavy atom. The number of thiophene rings is 2. The molecular formula is C108H172N4S4. The molecule has 4 nitrogen and oxygen atoms in total. The summed E-state index contributed by atoms with van der Waals surface area (Å²) in [7, 11) is 0. The van der Waals surface area contributed by atoms with Gasteiger partial charge in [-0.05, 0) is 158 Å². The fourth-order valence-corrected chi connectivity index (χ4v) is 24.2. The van der Waals surface area contributed by atoms with Gasteiger partial charge in [-0.1, -0.05) is 446 Å². The van der Waals surface area contributed by atoms with Crippen molar-refractivity contribution < 1.29 is 0 Å². The third-order valence-electron chi connectivity index (χ3n) is 27.9. The number of nitrogens with zero attached hydrogens (tertiary/aromatic N) is 4. The van der Waals surface area contributed by atoms with Crippen molar-refractivity contribution >= 4 is 80.3 Å². The Hall–Kier alpha value is -3.56. The van der Waals surface area contributed by atoms with E-state index in [1.54, 1.807) is 27.8 Å². The summed E-state index contributed by atoms with van der Waals surface area (Å²) in [5.41, 5.74) is 22.4. The number of rotatable bonds is 73. The first-order valence-corrected chi connectivity index (χ1v) is 54.0. The molecule has 116 heavy (non-hydrogen) atoms. The molecule has 0 bridgehead atoms. The summed E-state index contributed by atoms with van der Waals surface area (Å²) < 4.78 is 21.9. The minimum Gasteiger partial charge on any atom is -0.173 e. The van der Waals surface area contributed by atoms with Gasteiger partial charge >= 0.3 is 0 Å². The lowest BCUT2D eigenvalue weighted by Gasteiger charge is -2.35. The van der Waals surface area contributed by atoms with Gasteiger partial charge in [0.15, 0.2) is 0 Å². The van der Waals surface area contributed by atoms with Crippen LogP contribution in [0.3, 0.4) is 0 Å². The van der Waals surface area contributed by atoms with Crippen molar-refractivity contribution in [2.24, 2.45) is 0 Å². The normalized spacial score (nSPS) is 13.4. The molecule has 0 spiro atoms. The van der Waals surface area contributed by atoms with Crippen LogP contribution in [-0.4, -0.2) is 17.5 Å². The lowest BCUT2D eigenvalue weighted by Crippen LogP contribution is -2.27. The van der Waals surface area contributed by atoms with E-state index >= 15 is 0 Å². The van der Waals surface area contributed by atoms with Gasteiger partial charge in [0, 0.05) is 47.0 Å². The maximum absolute atomic E-state index is 5.67. The van der Waals surface area contributed by atoms with Crippen LogP contribution in [-0.2, 0) is 23.7 Å². The molecule has 2 aliphatic carbocycles. The molecule has 0 amide bonds. The van der Waals surface area contributed by atoms with E-state index in [0.29, 0.717) is 0 Å². The van der Waals surface area contributed by atoms with Crippen LogP contribution in [0.25, 0.3) is 66.9 Å². The quantitative estimate of drug-likeness (QED) is 0.0357. The first-order chi connectivity index (χ1) is 57.3. The number of unbranched alkanes of at least 4 members (excludes halogenated alkanes) is 58. The van der Waals surface area contributed by atoms with Gasteiger partial charge in [-0.25, -0.2) is 0 Å². The molecule has 8 heteroatoms. The Kier molecular flexibility index (Phi) is 47.3. The second-order valence-electron chi connectivity index (χ2n) is 37.6. The van der Waals surface area contributed by atoms with Gasteiger partial charge in [0.1, 0.15) is 22.1 Å². The first kappa shape index (κ1) is 96.3. The van der Waals surface area contributed by atoms with Crippen LogP contribution in [0, 0.1) is 13.8 Å². The minimum atomic E-state index is -0.160. The zero-order valence-electron chi connectivity index (χ0n) is 76.5. The van der Waals surface area contributed by atoms with Crippen LogP contribution in [0.15, 0.2) is 36.4 Å². The average molecular weight is 1650 g/mol. The summed E-state index contributed by atoms with van der Waals surface area (Å²) >= 11 is 6.99. The molecule has 0 saturated heterocycles. The SMILES string of the molecule is CCCCCCCCCCCCCCCCC1(CCCCCCCCCCCCCCCC)c2cc3c(cc2-c2c1cc(C)c1nsnc21)C(CCCCCCCCCCCCCCCC)(CCCCCCCCCCCCCCCC)c1cc(-c2cc(CCCCCC)c(/C=C/c4sc(C)cc4CCCCCC)s2)c2nsnc2c1-3. The minimum absolute atomic E-state index is 0.101. The van der Waals surface area contributed by atoms with E-state index in [4.69, 9.17) is 17.5 Å². The molecule has 3 aromatic carbocycles. The summed E-state index contributed by atoms with van der Waals surface area (Å²) in [6.07, 6.45) is 100. The zero-order valence-corrected chi connectivity index (χ0v) is 79.8. The summed E-state index contributed by atoms with van der Waals surface area (Å²) in [5.74, 6) is 0. The fourth-order valence-electron chi connectivity index (χ4n) is 20.9. The van der Waals surface area contributed by atoms with Gasteiger partial charge in [-0.2, -0.15) is 17.5 Å². The molecule has 648 valence electrons. The molecule has 0 fully saturated rings. The highest BCUT2D eigenvalue weighted by atomic mass is 32.1. The molecule has 0 radical (unpaired) electrons. The van der Waals surface area contributed by atoms with Crippen molar-refractivity contribution in [1.29, 1.82) is 0 Å². The summed E-state index contributed by atoms with van der Waals surface area (Å²) in [6.45, 7) is 18.8. The highest BCUT2D eigenvalue weighted by Crippen LogP contribution is 2.64. The molecule has 0 aliphatic heterocycles. The monoisotopic (exact) mass is 1650 g/mol. The van der Waals surface area contributed by atoms with E-state index in [1.165, 1.54) is 536 Å². The second kappa shape index (κ2) is 57.0. The third kappa shape index (κ3) is 30.2. The predicted octanol–water partition coefficient (Wildman–Crippen LogP) is 38.5. The molecule has 2 aliphatic rings. The molecule has 0 N–H and O–H groups in total. The van der Waals surface area contributed by atoms with Crippen LogP contribution in [0.4, 0.5) is 0 Å². The van der Waals surface area contributed by atoms with Gasteiger partial charge in [0.2, 0.25) is 0 Å². The second-order valence-corrected chi connectivity index (χ2v) is 41.0. The van der Waals surface area contributed by atoms with Crippen molar-refractivity contribution in [2.45, 2.75) is 516 Å². The Labute approximate surface area is 730 Å². The lowest BCUT2D eigenvalue weighted by molar-refractivity contribution is 0.393. The number of fused-ring (bicyclic) bond motifs is 10. The molecule has 9 rings (SSSR count). The molecule has 7 aromatic rings. The molecule has 0 unspecified atom stereocenters. The Morgan fingerprint density at radius 1 is 0.250 bits per heavy atom. The van der Waals surface area contributed by atoms with Crippen molar-refractivity contribution in [3.63, 3.8) is 0 Å². The highest BCUT2D eigenvalue weighted by molar-refractivity contribution is 7.17. The van der Waals surface area contributed by atoms with Crippen LogP contribution in [0.2, 0.25) is 0 Å². The Balaban J connectivity index is 1.11. The summed E-state index contributed by atoms with van der Waals surface area (Å²) in [6, 6.07) is 16.4. The molecule has 0 atom stereocenters. The number of benzene rings is 3. The van der Waals surface area contributed by atoms with Crippen LogP contribution >= 0.6 is 46.1 Å². The first-order valence-electron chi connectivity index (χ1n) is 50.9. The Bertz CT molecular complexity index is 3710. The number of hydrogen-bond acceptors (Lipinski definition) is 8. The smallest absolute Gasteiger partial charge is 0.114 e. The lowest BCUT2D eigenvalue weighted by atomic mass is 9.68. The largest absolute Gasteiger partial charge is 0.173 e. The average Bonchev–Trinajstić information content (AvgIpc) is 1.51. The van der Waals surface area contributed by atoms with E-state index < -0.39 is 0 Å².